The van der Waals surface area contributed by atoms with E-state index in [1.165, 1.54) is 0 Å². The minimum Gasteiger partial charge on any atom is -0.491 e. The first-order valence-electron chi connectivity index (χ1n) is 5.29. The molecule has 0 fully saturated rings. The lowest BCUT2D eigenvalue weighted by molar-refractivity contribution is 0.321. The molecule has 1 aromatic carbocycles. The van der Waals surface area contributed by atoms with Gasteiger partial charge < -0.3 is 10.5 Å². The van der Waals surface area contributed by atoms with Gasteiger partial charge in [0.05, 0.1) is 11.1 Å². The molecule has 0 aliphatic heterocycles. The Balaban J connectivity index is 2.70. The molecular weight excluding hydrogens is 266 g/mol. The van der Waals surface area contributed by atoms with E-state index in [1.54, 1.807) is 0 Å². The third-order valence-electron chi connectivity index (χ3n) is 2.11. The normalized spacial score (nSPS) is 9.44. The van der Waals surface area contributed by atoms with Crippen LogP contribution in [0.25, 0.3) is 0 Å². The van der Waals surface area contributed by atoms with Crippen LogP contribution in [0.5, 0.6) is 5.75 Å². The molecule has 0 bridgehead atoms. The Morgan fingerprint density at radius 1 is 1.44 bits per heavy atom. The fraction of sp³-hybridized carbons (Fsp3) is 0.385. The highest BCUT2D eigenvalue weighted by molar-refractivity contribution is 9.10. The van der Waals surface area contributed by atoms with Crippen molar-refractivity contribution in [2.45, 2.75) is 19.8 Å². The molecule has 0 amide bonds. The van der Waals surface area contributed by atoms with Gasteiger partial charge in [-0.2, -0.15) is 0 Å². The van der Waals surface area contributed by atoms with Gasteiger partial charge in [0.2, 0.25) is 0 Å². The molecule has 0 aliphatic rings. The summed E-state index contributed by atoms with van der Waals surface area (Å²) < 4.78 is 6.69. The summed E-state index contributed by atoms with van der Waals surface area (Å²) in [6.45, 7) is 3.07. The lowest BCUT2D eigenvalue weighted by Crippen LogP contribution is -2.06. The van der Waals surface area contributed by atoms with Crippen molar-refractivity contribution in [3.05, 3.63) is 28.2 Å². The van der Waals surface area contributed by atoms with Crippen LogP contribution < -0.4 is 10.5 Å². The van der Waals surface area contributed by atoms with Crippen LogP contribution in [0.2, 0.25) is 0 Å². The maximum absolute atomic E-state index is 5.72. The molecular formula is C13H16BrNO. The number of benzene rings is 1. The molecule has 16 heavy (non-hydrogen) atoms. The highest BCUT2D eigenvalue weighted by Crippen LogP contribution is 2.29. The Morgan fingerprint density at radius 3 is 2.94 bits per heavy atom. The predicted octanol–water partition coefficient (Wildman–Crippen LogP) is 2.74. The highest BCUT2D eigenvalue weighted by atomic mass is 79.9. The average Bonchev–Trinajstić information content (AvgIpc) is 2.28. The standard InChI is InChI=1S/C13H16BrNO/c1-2-3-4-10-16-13-11(8-9-15)6-5-7-12(13)14/h5-7H,4,8-10,15H2,1H3. The van der Waals surface area contributed by atoms with Crippen LogP contribution in [0.15, 0.2) is 22.7 Å². The second-order valence-corrected chi connectivity index (χ2v) is 4.15. The minimum absolute atomic E-state index is 0.612. The number of halogens is 1. The van der Waals surface area contributed by atoms with Crippen molar-refractivity contribution in [2.75, 3.05) is 13.2 Å². The topological polar surface area (TPSA) is 35.2 Å². The van der Waals surface area contributed by atoms with Gasteiger partial charge >= 0.3 is 0 Å². The first-order valence-corrected chi connectivity index (χ1v) is 6.08. The molecule has 0 saturated heterocycles. The van der Waals surface area contributed by atoms with Crippen molar-refractivity contribution >= 4 is 15.9 Å². The zero-order chi connectivity index (χ0) is 11.8. The molecule has 86 valence electrons. The van der Waals surface area contributed by atoms with Gasteiger partial charge in [0.25, 0.3) is 0 Å². The zero-order valence-electron chi connectivity index (χ0n) is 9.42. The van der Waals surface area contributed by atoms with Crippen LogP contribution in [0.4, 0.5) is 0 Å². The number of hydrogen-bond donors (Lipinski definition) is 1. The van der Waals surface area contributed by atoms with Crippen molar-refractivity contribution in [3.8, 4) is 17.6 Å². The molecule has 0 saturated carbocycles. The maximum atomic E-state index is 5.72. The maximum Gasteiger partial charge on any atom is 0.136 e. The van der Waals surface area contributed by atoms with E-state index in [9.17, 15) is 0 Å². The summed E-state index contributed by atoms with van der Waals surface area (Å²) in [6.07, 6.45) is 1.58. The van der Waals surface area contributed by atoms with Gasteiger partial charge in [-0.15, -0.1) is 11.8 Å². The summed E-state index contributed by atoms with van der Waals surface area (Å²) in [5, 5.41) is 0. The zero-order valence-corrected chi connectivity index (χ0v) is 11.0. The second kappa shape index (κ2) is 7.32. The summed E-state index contributed by atoms with van der Waals surface area (Å²) in [6, 6.07) is 6.01. The molecule has 0 aromatic heterocycles. The molecule has 2 N–H and O–H groups in total. The Kier molecular flexibility index (Phi) is 5.99. The largest absolute Gasteiger partial charge is 0.491 e. The number of rotatable bonds is 5. The van der Waals surface area contributed by atoms with Gasteiger partial charge in [-0.05, 0) is 47.4 Å². The molecule has 0 aliphatic carbocycles. The predicted molar refractivity (Wildman–Crippen MR) is 70.5 cm³/mol. The van der Waals surface area contributed by atoms with E-state index in [4.69, 9.17) is 10.5 Å². The first kappa shape index (κ1) is 13.1. The number of ether oxygens (including phenoxy) is 1. The lowest BCUT2D eigenvalue weighted by Gasteiger charge is -2.11. The van der Waals surface area contributed by atoms with E-state index in [2.05, 4.69) is 27.8 Å². The SMILES string of the molecule is CC#CCCOc1c(Br)cccc1CCN. The fourth-order valence-corrected chi connectivity index (χ4v) is 1.92. The molecule has 0 unspecified atom stereocenters. The van der Waals surface area contributed by atoms with Gasteiger partial charge in [-0.3, -0.25) is 0 Å². The summed E-state index contributed by atoms with van der Waals surface area (Å²) in [7, 11) is 0. The van der Waals surface area contributed by atoms with E-state index in [-0.39, 0.29) is 0 Å². The van der Waals surface area contributed by atoms with Crippen molar-refractivity contribution in [2.24, 2.45) is 5.73 Å². The molecule has 1 rings (SSSR count). The number of nitrogens with two attached hydrogens (primary N) is 1. The van der Waals surface area contributed by atoms with Gasteiger partial charge in [0.15, 0.2) is 0 Å². The first-order chi connectivity index (χ1) is 7.79. The Bertz CT molecular complexity index is 393. The number of hydrogen-bond acceptors (Lipinski definition) is 2. The fourth-order valence-electron chi connectivity index (χ4n) is 1.40. The van der Waals surface area contributed by atoms with Crippen LogP contribution in [0, 0.1) is 11.8 Å². The Hall–Kier alpha value is -0.980. The summed E-state index contributed by atoms with van der Waals surface area (Å²) in [5.74, 6) is 6.72. The van der Waals surface area contributed by atoms with E-state index >= 15 is 0 Å². The van der Waals surface area contributed by atoms with Crippen LogP contribution in [0.1, 0.15) is 18.9 Å². The monoisotopic (exact) mass is 281 g/mol. The third kappa shape index (κ3) is 3.88. The quantitative estimate of drug-likeness (QED) is 0.665. The minimum atomic E-state index is 0.612. The van der Waals surface area contributed by atoms with Crippen LogP contribution >= 0.6 is 15.9 Å². The van der Waals surface area contributed by atoms with Gasteiger partial charge in [0.1, 0.15) is 5.75 Å². The number of para-hydroxylation sites is 1. The molecule has 2 nitrogen and oxygen atoms in total. The summed E-state index contributed by atoms with van der Waals surface area (Å²) >= 11 is 3.48. The lowest BCUT2D eigenvalue weighted by atomic mass is 10.1. The van der Waals surface area contributed by atoms with Crippen LogP contribution in [-0.4, -0.2) is 13.2 Å². The van der Waals surface area contributed by atoms with E-state index in [0.29, 0.717) is 13.2 Å². The molecule has 0 spiro atoms. The molecule has 3 heteroatoms. The van der Waals surface area contributed by atoms with E-state index in [1.807, 2.05) is 25.1 Å². The average molecular weight is 282 g/mol. The molecule has 0 atom stereocenters. The van der Waals surface area contributed by atoms with Crippen molar-refractivity contribution in [3.63, 3.8) is 0 Å². The second-order valence-electron chi connectivity index (χ2n) is 3.29. The highest BCUT2D eigenvalue weighted by Gasteiger charge is 2.06. The van der Waals surface area contributed by atoms with Crippen molar-refractivity contribution < 1.29 is 4.74 Å². The van der Waals surface area contributed by atoms with E-state index in [0.717, 1.165) is 28.6 Å². The third-order valence-corrected chi connectivity index (χ3v) is 2.74. The van der Waals surface area contributed by atoms with E-state index < -0.39 is 0 Å². The molecule has 0 heterocycles. The van der Waals surface area contributed by atoms with Gasteiger partial charge in [-0.1, -0.05) is 12.1 Å². The summed E-state index contributed by atoms with van der Waals surface area (Å²) in [4.78, 5) is 0. The Morgan fingerprint density at radius 2 is 2.25 bits per heavy atom. The van der Waals surface area contributed by atoms with Crippen molar-refractivity contribution in [1.29, 1.82) is 0 Å². The van der Waals surface area contributed by atoms with Crippen LogP contribution in [0.3, 0.4) is 0 Å². The molecule has 0 radical (unpaired) electrons. The summed E-state index contributed by atoms with van der Waals surface area (Å²) in [5.41, 5.74) is 6.70. The van der Waals surface area contributed by atoms with Crippen LogP contribution in [-0.2, 0) is 6.42 Å². The molecule has 1 aromatic rings. The Labute approximate surface area is 105 Å². The smallest absolute Gasteiger partial charge is 0.136 e. The van der Waals surface area contributed by atoms with Crippen molar-refractivity contribution in [1.82, 2.24) is 0 Å². The van der Waals surface area contributed by atoms with Gasteiger partial charge in [0, 0.05) is 6.42 Å². The van der Waals surface area contributed by atoms with Gasteiger partial charge in [-0.25, -0.2) is 0 Å².